The van der Waals surface area contributed by atoms with E-state index < -0.39 is 0 Å². The first kappa shape index (κ1) is 18.0. The molecule has 1 saturated heterocycles. The van der Waals surface area contributed by atoms with Crippen molar-refractivity contribution in [1.82, 2.24) is 9.80 Å². The summed E-state index contributed by atoms with van der Waals surface area (Å²) in [5.74, 6) is 0.268. The zero-order chi connectivity index (χ0) is 18.4. The molecule has 2 aromatic rings. The Balaban J connectivity index is 1.64. The van der Waals surface area contributed by atoms with E-state index in [0.29, 0.717) is 43.1 Å². The molecule has 0 aromatic heterocycles. The molecule has 0 aliphatic carbocycles. The molecule has 0 atom stereocenters. The highest BCUT2D eigenvalue weighted by atomic mass is 32.2. The van der Waals surface area contributed by atoms with Gasteiger partial charge in [0.05, 0.1) is 17.4 Å². The van der Waals surface area contributed by atoms with Gasteiger partial charge in [0.2, 0.25) is 0 Å². The van der Waals surface area contributed by atoms with Gasteiger partial charge >= 0.3 is 0 Å². The Labute approximate surface area is 157 Å². The highest BCUT2D eigenvalue weighted by molar-refractivity contribution is 7.99. The lowest BCUT2D eigenvalue weighted by molar-refractivity contribution is 0.0533. The number of nitriles is 1. The molecule has 26 heavy (non-hydrogen) atoms. The number of carbonyl (C=O) groups is 2. The maximum atomic E-state index is 12.9. The fraction of sp³-hybridized carbons (Fsp3) is 0.250. The second-order valence-electron chi connectivity index (χ2n) is 5.89. The maximum Gasteiger partial charge on any atom is 0.255 e. The molecule has 132 valence electrons. The molecule has 3 rings (SSSR count). The van der Waals surface area contributed by atoms with Crippen LogP contribution in [0.1, 0.15) is 20.7 Å². The smallest absolute Gasteiger partial charge is 0.255 e. The van der Waals surface area contributed by atoms with Crippen LogP contribution in [0.2, 0.25) is 0 Å². The molecule has 0 N–H and O–H groups in total. The van der Waals surface area contributed by atoms with Crippen molar-refractivity contribution in [2.45, 2.75) is 4.90 Å². The van der Waals surface area contributed by atoms with Gasteiger partial charge in [0.1, 0.15) is 0 Å². The first-order valence-corrected chi connectivity index (χ1v) is 9.41. The Morgan fingerprint density at radius 1 is 0.885 bits per heavy atom. The van der Waals surface area contributed by atoms with Gasteiger partial charge in [-0.3, -0.25) is 9.59 Å². The molecule has 0 bridgehead atoms. The van der Waals surface area contributed by atoms with E-state index in [-0.39, 0.29) is 11.8 Å². The molecule has 0 unspecified atom stereocenters. The average Bonchev–Trinajstić information content (AvgIpc) is 2.72. The molecule has 0 saturated carbocycles. The summed E-state index contributed by atoms with van der Waals surface area (Å²) >= 11 is 1.37. The van der Waals surface area contributed by atoms with E-state index >= 15 is 0 Å². The minimum absolute atomic E-state index is 0.00248. The van der Waals surface area contributed by atoms with Gasteiger partial charge in [-0.15, -0.1) is 11.8 Å². The van der Waals surface area contributed by atoms with Crippen molar-refractivity contribution in [3.63, 3.8) is 0 Å². The fourth-order valence-electron chi connectivity index (χ4n) is 2.93. The molecule has 1 aliphatic rings. The van der Waals surface area contributed by atoms with Crippen LogP contribution in [0.15, 0.2) is 59.5 Å². The third-order valence-corrected chi connectivity index (χ3v) is 5.22. The summed E-state index contributed by atoms with van der Waals surface area (Å²) in [6.07, 6.45) is 0. The van der Waals surface area contributed by atoms with Gasteiger partial charge in [-0.2, -0.15) is 5.26 Å². The van der Waals surface area contributed by atoms with Crippen LogP contribution in [0.4, 0.5) is 0 Å². The number of carbonyl (C=O) groups excluding carboxylic acids is 2. The SMILES string of the molecule is N#CCSc1ccccc1C(=O)N1CCN(C(=O)c2ccccc2)CC1. The van der Waals surface area contributed by atoms with Crippen molar-refractivity contribution in [3.8, 4) is 6.07 Å². The normalized spacial score (nSPS) is 14.0. The van der Waals surface area contributed by atoms with E-state index in [0.717, 1.165) is 4.90 Å². The summed E-state index contributed by atoms with van der Waals surface area (Å²) in [6, 6.07) is 18.7. The van der Waals surface area contributed by atoms with E-state index in [1.165, 1.54) is 11.8 Å². The molecule has 0 radical (unpaired) electrons. The highest BCUT2D eigenvalue weighted by Gasteiger charge is 2.26. The number of nitrogens with zero attached hydrogens (tertiary/aromatic N) is 3. The van der Waals surface area contributed by atoms with Gasteiger partial charge in [0.25, 0.3) is 11.8 Å². The zero-order valence-corrected chi connectivity index (χ0v) is 15.1. The molecular formula is C20H19N3O2S. The van der Waals surface area contributed by atoms with Crippen molar-refractivity contribution in [2.24, 2.45) is 0 Å². The lowest BCUT2D eigenvalue weighted by Crippen LogP contribution is -2.50. The Morgan fingerprint density at radius 2 is 1.46 bits per heavy atom. The summed E-state index contributed by atoms with van der Waals surface area (Å²) in [7, 11) is 0. The van der Waals surface area contributed by atoms with E-state index in [4.69, 9.17) is 5.26 Å². The number of hydrogen-bond donors (Lipinski definition) is 0. The van der Waals surface area contributed by atoms with E-state index in [2.05, 4.69) is 6.07 Å². The van der Waals surface area contributed by atoms with Gasteiger partial charge in [-0.05, 0) is 24.3 Å². The third kappa shape index (κ3) is 4.06. The number of hydrogen-bond acceptors (Lipinski definition) is 4. The predicted molar refractivity (Wildman–Crippen MR) is 101 cm³/mol. The van der Waals surface area contributed by atoms with Crippen molar-refractivity contribution < 1.29 is 9.59 Å². The van der Waals surface area contributed by atoms with Crippen LogP contribution >= 0.6 is 11.8 Å². The molecule has 2 amide bonds. The topological polar surface area (TPSA) is 64.4 Å². The molecule has 2 aromatic carbocycles. The maximum absolute atomic E-state index is 12.9. The summed E-state index contributed by atoms with van der Waals surface area (Å²) in [5, 5.41) is 8.78. The standard InChI is InChI=1S/C20H19N3O2S/c21-10-15-26-18-9-5-4-8-17(18)20(25)23-13-11-22(12-14-23)19(24)16-6-2-1-3-7-16/h1-9H,11-15H2. The van der Waals surface area contributed by atoms with Gasteiger partial charge < -0.3 is 9.80 Å². The molecule has 0 spiro atoms. The van der Waals surface area contributed by atoms with E-state index in [1.807, 2.05) is 48.5 Å². The van der Waals surface area contributed by atoms with Crippen molar-refractivity contribution in [2.75, 3.05) is 31.9 Å². The monoisotopic (exact) mass is 365 g/mol. The van der Waals surface area contributed by atoms with Crippen molar-refractivity contribution in [1.29, 1.82) is 5.26 Å². The largest absolute Gasteiger partial charge is 0.335 e. The number of thioether (sulfide) groups is 1. The van der Waals surface area contributed by atoms with Gasteiger partial charge in [-0.1, -0.05) is 30.3 Å². The van der Waals surface area contributed by atoms with Crippen LogP contribution in [-0.4, -0.2) is 53.5 Å². The van der Waals surface area contributed by atoms with Crippen LogP contribution in [0.5, 0.6) is 0 Å². The lowest BCUT2D eigenvalue weighted by atomic mass is 10.1. The number of piperazine rings is 1. The first-order chi connectivity index (χ1) is 12.7. The molecule has 1 fully saturated rings. The van der Waals surface area contributed by atoms with Crippen LogP contribution < -0.4 is 0 Å². The first-order valence-electron chi connectivity index (χ1n) is 8.43. The Kier molecular flexibility index (Phi) is 5.92. The quantitative estimate of drug-likeness (QED) is 0.782. The lowest BCUT2D eigenvalue weighted by Gasteiger charge is -2.35. The van der Waals surface area contributed by atoms with Gasteiger partial charge in [0.15, 0.2) is 0 Å². The summed E-state index contributed by atoms with van der Waals surface area (Å²) in [6.45, 7) is 2.06. The van der Waals surface area contributed by atoms with Crippen LogP contribution in [-0.2, 0) is 0 Å². The highest BCUT2D eigenvalue weighted by Crippen LogP contribution is 2.24. The van der Waals surface area contributed by atoms with Crippen LogP contribution in [0.3, 0.4) is 0 Å². The van der Waals surface area contributed by atoms with Crippen LogP contribution in [0.25, 0.3) is 0 Å². The molecule has 1 aliphatic heterocycles. The summed E-state index contributed by atoms with van der Waals surface area (Å²) in [5.41, 5.74) is 1.29. The van der Waals surface area contributed by atoms with Crippen LogP contribution in [0, 0.1) is 11.3 Å². The van der Waals surface area contributed by atoms with E-state index in [9.17, 15) is 9.59 Å². The van der Waals surface area contributed by atoms with Crippen molar-refractivity contribution in [3.05, 3.63) is 65.7 Å². The number of rotatable bonds is 4. The Bertz CT molecular complexity index is 824. The fourth-order valence-corrected chi connectivity index (χ4v) is 3.63. The Morgan fingerprint density at radius 3 is 2.12 bits per heavy atom. The van der Waals surface area contributed by atoms with Crippen molar-refractivity contribution >= 4 is 23.6 Å². The molecule has 5 nitrogen and oxygen atoms in total. The Hall–Kier alpha value is -2.78. The second-order valence-corrected chi connectivity index (χ2v) is 6.91. The average molecular weight is 365 g/mol. The number of amides is 2. The van der Waals surface area contributed by atoms with Gasteiger partial charge in [-0.25, -0.2) is 0 Å². The third-order valence-electron chi connectivity index (χ3n) is 4.28. The minimum Gasteiger partial charge on any atom is -0.335 e. The molecular weight excluding hydrogens is 346 g/mol. The van der Waals surface area contributed by atoms with Gasteiger partial charge in [0, 0.05) is 36.6 Å². The second kappa shape index (κ2) is 8.54. The summed E-state index contributed by atoms with van der Waals surface area (Å²) in [4.78, 5) is 29.8. The summed E-state index contributed by atoms with van der Waals surface area (Å²) < 4.78 is 0. The predicted octanol–water partition coefficient (Wildman–Crippen LogP) is 2.90. The molecule has 1 heterocycles. The molecule has 6 heteroatoms. The number of benzene rings is 2. The van der Waals surface area contributed by atoms with E-state index in [1.54, 1.807) is 15.9 Å². The minimum atomic E-state index is -0.0437. The zero-order valence-electron chi connectivity index (χ0n) is 14.3.